The summed E-state index contributed by atoms with van der Waals surface area (Å²) < 4.78 is 1.80. The number of nitrogens with zero attached hydrogens (tertiary/aromatic N) is 2. The fourth-order valence-corrected chi connectivity index (χ4v) is 0.496. The summed E-state index contributed by atoms with van der Waals surface area (Å²) in [6.07, 6.45) is 4.65. The van der Waals surface area contributed by atoms with Gasteiger partial charge in [-0.3, -0.25) is 0 Å². The molecule has 0 aliphatic rings. The number of aromatic nitrogens is 2. The SMILES string of the molecule is Cc1cn(C)[c-]n1.[Y]. The Balaban J connectivity index is 0.000000490. The van der Waals surface area contributed by atoms with Gasteiger partial charge in [-0.2, -0.15) is 0 Å². The molecule has 41 valence electrons. The summed E-state index contributed by atoms with van der Waals surface area (Å²) in [5.41, 5.74) is 1.02. The van der Waals surface area contributed by atoms with Crippen LogP contribution < -0.4 is 0 Å². The maximum Gasteiger partial charge on any atom is 0.000455 e. The predicted octanol–water partition coefficient (Wildman–Crippen LogP) is 0.526. The monoisotopic (exact) mass is 184 g/mol. The van der Waals surface area contributed by atoms with Crippen LogP contribution in [0.1, 0.15) is 5.69 Å². The summed E-state index contributed by atoms with van der Waals surface area (Å²) in [6, 6.07) is 0. The van der Waals surface area contributed by atoms with Crippen LogP contribution in [0.25, 0.3) is 0 Å². The van der Waals surface area contributed by atoms with Gasteiger partial charge in [0, 0.05) is 39.0 Å². The summed E-state index contributed by atoms with van der Waals surface area (Å²) in [5.74, 6) is 0. The van der Waals surface area contributed by atoms with E-state index in [1.165, 1.54) is 0 Å². The molecule has 0 spiro atoms. The predicted molar refractivity (Wildman–Crippen MR) is 26.8 cm³/mol. The van der Waals surface area contributed by atoms with Crippen molar-refractivity contribution in [1.82, 2.24) is 9.55 Å². The van der Waals surface area contributed by atoms with Gasteiger partial charge in [-0.15, -0.1) is 11.9 Å². The van der Waals surface area contributed by atoms with Crippen LogP contribution >= 0.6 is 0 Å². The molecule has 0 atom stereocenters. The first kappa shape index (κ1) is 8.31. The molecule has 0 aliphatic heterocycles. The van der Waals surface area contributed by atoms with E-state index in [-0.39, 0.29) is 32.7 Å². The summed E-state index contributed by atoms with van der Waals surface area (Å²) in [6.45, 7) is 1.94. The molecule has 0 saturated carbocycles. The van der Waals surface area contributed by atoms with Crippen LogP contribution in [0.15, 0.2) is 6.20 Å². The van der Waals surface area contributed by atoms with Crippen molar-refractivity contribution in [2.75, 3.05) is 0 Å². The minimum Gasteiger partial charge on any atom is -0.456 e. The number of hydrogen-bond donors (Lipinski definition) is 0. The van der Waals surface area contributed by atoms with E-state index in [0.717, 1.165) is 5.69 Å². The van der Waals surface area contributed by atoms with Crippen molar-refractivity contribution in [1.29, 1.82) is 0 Å². The Bertz CT molecular complexity index is 143. The van der Waals surface area contributed by atoms with Crippen LogP contribution in [-0.2, 0) is 39.8 Å². The zero-order chi connectivity index (χ0) is 5.28. The molecule has 0 unspecified atom stereocenters. The third-order valence-electron chi connectivity index (χ3n) is 0.765. The molecule has 0 aromatic carbocycles. The van der Waals surface area contributed by atoms with E-state index < -0.39 is 0 Å². The van der Waals surface area contributed by atoms with Gasteiger partial charge in [-0.25, -0.2) is 0 Å². The third kappa shape index (κ3) is 2.06. The number of rotatable bonds is 0. The van der Waals surface area contributed by atoms with Gasteiger partial charge in [0.15, 0.2) is 0 Å². The zero-order valence-electron chi connectivity index (χ0n) is 5.05. The van der Waals surface area contributed by atoms with Gasteiger partial charge in [0.25, 0.3) is 0 Å². The van der Waals surface area contributed by atoms with E-state index in [9.17, 15) is 0 Å². The third-order valence-corrected chi connectivity index (χ3v) is 0.765. The molecule has 1 rings (SSSR count). The number of imidazole rings is 1. The number of aryl methyl sites for hydroxylation is 2. The van der Waals surface area contributed by atoms with Crippen molar-refractivity contribution in [3.05, 3.63) is 18.2 Å². The second kappa shape index (κ2) is 3.36. The molecule has 0 N–H and O–H groups in total. The van der Waals surface area contributed by atoms with E-state index in [2.05, 4.69) is 11.3 Å². The Kier molecular flexibility index (Phi) is 3.49. The first-order chi connectivity index (χ1) is 3.29. The summed E-state index contributed by atoms with van der Waals surface area (Å²) in [7, 11) is 1.90. The first-order valence-corrected chi connectivity index (χ1v) is 2.16. The van der Waals surface area contributed by atoms with E-state index in [1.807, 2.05) is 20.2 Å². The Morgan fingerprint density at radius 3 is 2.50 bits per heavy atom. The smallest absolute Gasteiger partial charge is 0.000455 e. The van der Waals surface area contributed by atoms with Gasteiger partial charge in [0.1, 0.15) is 0 Å². The van der Waals surface area contributed by atoms with Crippen molar-refractivity contribution < 1.29 is 32.7 Å². The molecule has 0 fully saturated rings. The molecule has 1 heterocycles. The minimum absolute atomic E-state index is 0. The molecule has 0 amide bonds. The maximum atomic E-state index is 3.85. The molecule has 1 aromatic heterocycles. The quantitative estimate of drug-likeness (QED) is 0.537. The van der Waals surface area contributed by atoms with E-state index >= 15 is 0 Å². The van der Waals surface area contributed by atoms with Crippen LogP contribution in [0.5, 0.6) is 0 Å². The van der Waals surface area contributed by atoms with Crippen LogP contribution in [0.3, 0.4) is 0 Å². The van der Waals surface area contributed by atoms with Crippen molar-refractivity contribution in [3.63, 3.8) is 0 Å². The van der Waals surface area contributed by atoms with Crippen LogP contribution in [-0.4, -0.2) is 9.55 Å². The molecule has 2 nitrogen and oxygen atoms in total. The Labute approximate surface area is 74.2 Å². The molecule has 8 heavy (non-hydrogen) atoms. The second-order valence-corrected chi connectivity index (χ2v) is 1.59. The van der Waals surface area contributed by atoms with Crippen LogP contribution in [0.4, 0.5) is 0 Å². The van der Waals surface area contributed by atoms with Crippen LogP contribution in [0, 0.1) is 13.3 Å². The Morgan fingerprint density at radius 2 is 2.38 bits per heavy atom. The Hall–Kier alpha value is 0.314. The van der Waals surface area contributed by atoms with E-state index in [0.29, 0.717) is 0 Å². The fourth-order valence-electron chi connectivity index (χ4n) is 0.496. The largest absolute Gasteiger partial charge is 0.456 e. The molecule has 1 aromatic rings. The molecule has 1 radical (unpaired) electrons. The number of hydrogen-bond acceptors (Lipinski definition) is 1. The molecular weight excluding hydrogens is 177 g/mol. The van der Waals surface area contributed by atoms with Crippen molar-refractivity contribution in [2.24, 2.45) is 7.05 Å². The minimum atomic E-state index is 0. The standard InChI is InChI=1S/C5H7N2.Y/c1-5-3-7(2)4-6-5;/h3H,1-2H3;/q-1;. The summed E-state index contributed by atoms with van der Waals surface area (Å²) in [5, 5.41) is 0. The average molecular weight is 184 g/mol. The van der Waals surface area contributed by atoms with Gasteiger partial charge in [0.2, 0.25) is 0 Å². The zero-order valence-corrected chi connectivity index (χ0v) is 7.89. The molecule has 0 saturated heterocycles. The maximum absolute atomic E-state index is 3.85. The van der Waals surface area contributed by atoms with Gasteiger partial charge in [-0.1, -0.05) is 6.92 Å². The Morgan fingerprint density at radius 1 is 1.75 bits per heavy atom. The van der Waals surface area contributed by atoms with Gasteiger partial charge in [0.05, 0.1) is 0 Å². The summed E-state index contributed by atoms with van der Waals surface area (Å²) >= 11 is 0. The molecular formula is C5H7N2Y-. The van der Waals surface area contributed by atoms with Crippen molar-refractivity contribution in [2.45, 2.75) is 6.92 Å². The summed E-state index contributed by atoms with van der Waals surface area (Å²) in [4.78, 5) is 3.85. The van der Waals surface area contributed by atoms with Crippen molar-refractivity contribution in [3.8, 4) is 0 Å². The average Bonchev–Trinajstić information content (AvgIpc) is 1.87. The van der Waals surface area contributed by atoms with Crippen LogP contribution in [0.2, 0.25) is 0 Å². The van der Waals surface area contributed by atoms with Gasteiger partial charge < -0.3 is 9.55 Å². The van der Waals surface area contributed by atoms with Crippen molar-refractivity contribution >= 4 is 0 Å². The van der Waals surface area contributed by atoms with E-state index in [4.69, 9.17) is 0 Å². The molecule has 0 aliphatic carbocycles. The fraction of sp³-hybridized carbons (Fsp3) is 0.400. The second-order valence-electron chi connectivity index (χ2n) is 1.59. The normalized spacial score (nSPS) is 8.25. The molecule has 3 heteroatoms. The molecule has 0 bridgehead atoms. The first-order valence-electron chi connectivity index (χ1n) is 2.16. The van der Waals surface area contributed by atoms with E-state index in [1.54, 1.807) is 4.57 Å². The van der Waals surface area contributed by atoms with Gasteiger partial charge in [-0.05, 0) is 7.05 Å². The topological polar surface area (TPSA) is 17.8 Å². The van der Waals surface area contributed by atoms with Gasteiger partial charge >= 0.3 is 0 Å².